The minimum Gasteiger partial charge on any atom is -0.481 e. The summed E-state index contributed by atoms with van der Waals surface area (Å²) in [5.41, 5.74) is 0. The molecule has 1 aromatic rings. The van der Waals surface area contributed by atoms with Crippen molar-refractivity contribution in [1.29, 1.82) is 0 Å². The van der Waals surface area contributed by atoms with Crippen molar-refractivity contribution in [2.24, 2.45) is 0 Å². The van der Waals surface area contributed by atoms with E-state index in [1.807, 2.05) is 0 Å². The van der Waals surface area contributed by atoms with E-state index in [-0.39, 0.29) is 16.8 Å². The lowest BCUT2D eigenvalue weighted by Gasteiger charge is -2.12. The summed E-state index contributed by atoms with van der Waals surface area (Å²) in [6.07, 6.45) is 0. The molecule has 1 amide bonds. The van der Waals surface area contributed by atoms with Crippen LogP contribution < -0.4 is 5.32 Å². The first-order chi connectivity index (χ1) is 9.06. The minimum atomic E-state index is -0.975. The molecule has 106 valence electrons. The van der Waals surface area contributed by atoms with Crippen LogP contribution in [0.5, 0.6) is 0 Å². The van der Waals surface area contributed by atoms with Crippen molar-refractivity contribution >= 4 is 23.6 Å². The molecule has 1 heterocycles. The largest absolute Gasteiger partial charge is 0.481 e. The Hall–Kier alpha value is -1.68. The fourth-order valence-corrected chi connectivity index (χ4v) is 1.86. The van der Waals surface area contributed by atoms with Gasteiger partial charge in [0.1, 0.15) is 6.04 Å². The topological polar surface area (TPSA) is 119 Å². The molecule has 19 heavy (non-hydrogen) atoms. The minimum absolute atomic E-state index is 0.168. The van der Waals surface area contributed by atoms with E-state index in [2.05, 4.69) is 20.8 Å². The molecule has 0 saturated carbocycles. The number of ether oxygens (including phenoxy) is 1. The van der Waals surface area contributed by atoms with Gasteiger partial charge < -0.3 is 15.2 Å². The zero-order valence-electron chi connectivity index (χ0n) is 10.6. The number of carbonyl (C=O) groups excluding carboxylic acids is 1. The third-order valence-corrected chi connectivity index (χ3v) is 3.06. The monoisotopic (exact) mass is 289 g/mol. The highest BCUT2D eigenvalue weighted by Gasteiger charge is 2.20. The number of carboxylic acids is 1. The number of thioether (sulfide) groups is 1. The summed E-state index contributed by atoms with van der Waals surface area (Å²) in [5.74, 6) is -1.41. The Morgan fingerprint density at radius 3 is 2.95 bits per heavy atom. The second-order valence-electron chi connectivity index (χ2n) is 3.55. The second-order valence-corrected chi connectivity index (χ2v) is 4.49. The number of rotatable bonds is 8. The highest BCUT2D eigenvalue weighted by atomic mass is 32.2. The van der Waals surface area contributed by atoms with Crippen LogP contribution in [0.3, 0.4) is 0 Å². The van der Waals surface area contributed by atoms with Crippen molar-refractivity contribution in [3.8, 4) is 0 Å². The molecule has 0 aliphatic rings. The van der Waals surface area contributed by atoms with Gasteiger partial charge in [-0.25, -0.2) is 4.68 Å². The van der Waals surface area contributed by atoms with E-state index in [4.69, 9.17) is 9.84 Å². The van der Waals surface area contributed by atoms with Gasteiger partial charge in [-0.1, -0.05) is 11.8 Å². The molecular weight excluding hydrogens is 274 g/mol. The second kappa shape index (κ2) is 7.69. The summed E-state index contributed by atoms with van der Waals surface area (Å²) in [5, 5.41) is 22.4. The van der Waals surface area contributed by atoms with Crippen molar-refractivity contribution in [2.45, 2.75) is 18.1 Å². The van der Waals surface area contributed by atoms with Gasteiger partial charge in [0.2, 0.25) is 11.1 Å². The maximum atomic E-state index is 11.8. The number of carbonyl (C=O) groups is 2. The molecule has 1 atom stereocenters. The molecule has 1 unspecified atom stereocenters. The molecule has 0 aliphatic carbocycles. The normalized spacial score (nSPS) is 12.1. The average molecular weight is 289 g/mol. The number of methoxy groups -OCH3 is 1. The number of nitrogens with zero attached hydrogens (tertiary/aromatic N) is 4. The highest BCUT2D eigenvalue weighted by Crippen LogP contribution is 2.17. The van der Waals surface area contributed by atoms with Crippen LogP contribution in [0.15, 0.2) is 5.16 Å². The quantitative estimate of drug-likeness (QED) is 0.470. The Kier molecular flexibility index (Phi) is 6.22. The van der Waals surface area contributed by atoms with Crippen LogP contribution >= 0.6 is 11.8 Å². The molecule has 9 nitrogen and oxygen atoms in total. The summed E-state index contributed by atoms with van der Waals surface area (Å²) in [7, 11) is 1.54. The summed E-state index contributed by atoms with van der Waals surface area (Å²) in [4.78, 5) is 22.3. The maximum Gasteiger partial charge on any atom is 0.313 e. The number of hydrogen-bond donors (Lipinski definition) is 2. The molecule has 2 N–H and O–H groups in total. The third-order valence-electron chi connectivity index (χ3n) is 2.14. The average Bonchev–Trinajstić information content (AvgIpc) is 2.83. The predicted molar refractivity (Wildman–Crippen MR) is 65.8 cm³/mol. The van der Waals surface area contributed by atoms with Crippen LogP contribution in [-0.2, 0) is 14.3 Å². The van der Waals surface area contributed by atoms with E-state index in [0.717, 1.165) is 11.8 Å². The number of aromatic nitrogens is 4. The van der Waals surface area contributed by atoms with Gasteiger partial charge in [0.05, 0.1) is 12.4 Å². The summed E-state index contributed by atoms with van der Waals surface area (Å²) < 4.78 is 6.11. The van der Waals surface area contributed by atoms with E-state index in [9.17, 15) is 9.59 Å². The van der Waals surface area contributed by atoms with E-state index >= 15 is 0 Å². The first-order valence-corrected chi connectivity index (χ1v) is 6.44. The zero-order valence-corrected chi connectivity index (χ0v) is 11.4. The Labute approximate surface area is 113 Å². The summed E-state index contributed by atoms with van der Waals surface area (Å²) in [6.45, 7) is 2.43. The lowest BCUT2D eigenvalue weighted by atomic mass is 10.3. The Morgan fingerprint density at radius 2 is 2.32 bits per heavy atom. The van der Waals surface area contributed by atoms with E-state index in [1.54, 1.807) is 6.92 Å². The van der Waals surface area contributed by atoms with Gasteiger partial charge in [-0.05, 0) is 17.4 Å². The fourth-order valence-electron chi connectivity index (χ4n) is 1.18. The number of amides is 1. The van der Waals surface area contributed by atoms with Crippen LogP contribution in [-0.4, -0.2) is 63.2 Å². The molecule has 0 bridgehead atoms. The molecule has 1 rings (SSSR count). The first kappa shape index (κ1) is 15.4. The number of nitrogens with one attached hydrogen (secondary N) is 1. The SMILES string of the molecule is COCCNC(=O)C(C)n1nnnc1SCC(=O)O. The zero-order chi connectivity index (χ0) is 14.3. The van der Waals surface area contributed by atoms with Crippen molar-refractivity contribution < 1.29 is 19.4 Å². The lowest BCUT2D eigenvalue weighted by molar-refractivity contribution is -0.133. The molecule has 0 radical (unpaired) electrons. The fraction of sp³-hybridized carbons (Fsp3) is 0.667. The van der Waals surface area contributed by atoms with Gasteiger partial charge in [-0.2, -0.15) is 0 Å². The molecule has 1 aromatic heterocycles. The summed E-state index contributed by atoms with van der Waals surface area (Å²) >= 11 is 0.959. The van der Waals surface area contributed by atoms with Crippen LogP contribution in [0, 0.1) is 0 Å². The molecule has 0 aromatic carbocycles. The van der Waals surface area contributed by atoms with E-state index < -0.39 is 12.0 Å². The van der Waals surface area contributed by atoms with Gasteiger partial charge in [-0.15, -0.1) is 5.10 Å². The molecule has 0 aliphatic heterocycles. The highest BCUT2D eigenvalue weighted by molar-refractivity contribution is 7.99. The van der Waals surface area contributed by atoms with Crippen LogP contribution in [0.1, 0.15) is 13.0 Å². The number of tetrazole rings is 1. The van der Waals surface area contributed by atoms with Gasteiger partial charge in [0, 0.05) is 13.7 Å². The van der Waals surface area contributed by atoms with Gasteiger partial charge in [0.25, 0.3) is 0 Å². The van der Waals surface area contributed by atoms with E-state index in [1.165, 1.54) is 11.8 Å². The first-order valence-electron chi connectivity index (χ1n) is 5.45. The van der Waals surface area contributed by atoms with E-state index in [0.29, 0.717) is 13.2 Å². The molecule has 0 fully saturated rings. The lowest BCUT2D eigenvalue weighted by Crippen LogP contribution is -2.34. The Morgan fingerprint density at radius 1 is 1.58 bits per heavy atom. The Bertz CT molecular complexity index is 438. The Balaban J connectivity index is 2.60. The molecule has 0 saturated heterocycles. The summed E-state index contributed by atoms with van der Waals surface area (Å²) in [6, 6.07) is -0.622. The predicted octanol–water partition coefficient (Wildman–Crippen LogP) is -0.827. The van der Waals surface area contributed by atoms with Crippen molar-refractivity contribution in [1.82, 2.24) is 25.5 Å². The molecular formula is C9H15N5O4S. The maximum absolute atomic E-state index is 11.8. The smallest absolute Gasteiger partial charge is 0.313 e. The third kappa shape index (κ3) is 4.83. The van der Waals surface area contributed by atoms with Crippen molar-refractivity contribution in [3.05, 3.63) is 0 Å². The van der Waals surface area contributed by atoms with Gasteiger partial charge in [-0.3, -0.25) is 9.59 Å². The van der Waals surface area contributed by atoms with Crippen LogP contribution in [0.4, 0.5) is 0 Å². The molecule has 10 heteroatoms. The van der Waals surface area contributed by atoms with Crippen molar-refractivity contribution in [3.63, 3.8) is 0 Å². The van der Waals surface area contributed by atoms with Gasteiger partial charge in [0.15, 0.2) is 0 Å². The molecule has 0 spiro atoms. The van der Waals surface area contributed by atoms with Crippen LogP contribution in [0.2, 0.25) is 0 Å². The number of carboxylic acid groups (broad SMARTS) is 1. The number of aliphatic carboxylic acids is 1. The van der Waals surface area contributed by atoms with Gasteiger partial charge >= 0.3 is 5.97 Å². The number of hydrogen-bond acceptors (Lipinski definition) is 7. The van der Waals surface area contributed by atoms with Crippen LogP contribution in [0.25, 0.3) is 0 Å². The van der Waals surface area contributed by atoms with Crippen molar-refractivity contribution in [2.75, 3.05) is 26.0 Å². The standard InChI is InChI=1S/C9H15N5O4S/c1-6(8(17)10-3-4-18-2)14-9(11-12-13-14)19-5-7(15)16/h6H,3-5H2,1-2H3,(H,10,17)(H,15,16).